The molecule has 2 saturated heterocycles. The number of amides is 3. The van der Waals surface area contributed by atoms with Crippen LogP contribution in [0.1, 0.15) is 82.9 Å². The van der Waals surface area contributed by atoms with Gasteiger partial charge in [-0.05, 0) is 82.7 Å². The summed E-state index contributed by atoms with van der Waals surface area (Å²) in [6.07, 6.45) is 7.02. The Bertz CT molecular complexity index is 1330. The molecule has 2 aromatic rings. The number of hydrogen-bond acceptors (Lipinski definition) is 5. The van der Waals surface area contributed by atoms with Gasteiger partial charge in [-0.3, -0.25) is 19.3 Å². The Balaban J connectivity index is 1.36. The summed E-state index contributed by atoms with van der Waals surface area (Å²) in [6.45, 7) is 8.41. The van der Waals surface area contributed by atoms with Crippen molar-refractivity contribution in [3.63, 3.8) is 0 Å². The van der Waals surface area contributed by atoms with Crippen molar-refractivity contribution in [1.29, 1.82) is 0 Å². The molecule has 8 nitrogen and oxygen atoms in total. The van der Waals surface area contributed by atoms with Gasteiger partial charge in [0.05, 0.1) is 11.5 Å². The molecule has 3 aliphatic rings. The van der Waals surface area contributed by atoms with E-state index in [2.05, 4.69) is 20.9 Å². The van der Waals surface area contributed by atoms with E-state index in [1.807, 2.05) is 63.1 Å². The minimum atomic E-state index is -0.825. The third-order valence-corrected chi connectivity index (χ3v) is 10.3. The molecule has 1 aliphatic carbocycles. The van der Waals surface area contributed by atoms with Crippen LogP contribution in [0.4, 0.5) is 4.39 Å². The fourth-order valence-corrected chi connectivity index (χ4v) is 7.84. The molecule has 3 amide bonds. The van der Waals surface area contributed by atoms with Gasteiger partial charge < -0.3 is 20.9 Å². The molecule has 0 spiro atoms. The van der Waals surface area contributed by atoms with Crippen molar-refractivity contribution in [2.24, 2.45) is 11.3 Å². The number of carbonyl (C=O) groups excluding carboxylic acids is 3. The van der Waals surface area contributed by atoms with E-state index in [9.17, 15) is 18.8 Å². The molecule has 250 valence electrons. The average molecular weight is 634 g/mol. The van der Waals surface area contributed by atoms with Gasteiger partial charge in [0.15, 0.2) is 0 Å². The highest BCUT2D eigenvalue weighted by Crippen LogP contribution is 2.46. The number of halogens is 1. The Morgan fingerprint density at radius 1 is 0.957 bits per heavy atom. The molecule has 0 aromatic heterocycles. The van der Waals surface area contributed by atoms with E-state index in [1.165, 1.54) is 18.6 Å². The first-order chi connectivity index (χ1) is 22.0. The number of piperidine rings is 1. The minimum Gasteiger partial charge on any atom is -0.351 e. The fraction of sp³-hybridized carbons (Fsp3) is 0.595. The molecule has 9 heteroatoms. The first-order valence-electron chi connectivity index (χ1n) is 17.1. The maximum Gasteiger partial charge on any atom is 0.245 e. The largest absolute Gasteiger partial charge is 0.351 e. The molecule has 2 aromatic carbocycles. The van der Waals surface area contributed by atoms with E-state index >= 15 is 0 Å². The van der Waals surface area contributed by atoms with E-state index < -0.39 is 17.5 Å². The van der Waals surface area contributed by atoms with E-state index in [-0.39, 0.29) is 41.5 Å². The average Bonchev–Trinajstić information content (AvgIpc) is 3.05. The van der Waals surface area contributed by atoms with Crippen LogP contribution in [0.25, 0.3) is 0 Å². The Morgan fingerprint density at radius 3 is 2.24 bits per heavy atom. The molecule has 46 heavy (non-hydrogen) atoms. The molecule has 2 heterocycles. The SMILES string of the molecule is CN1CCNC(C(=O)N[C@H](Cc2ccc(F)cc2)C(=O)N2CCC(C(=O)NC(C)(C)C)(C3CCCCC3)CC2)C1c1ccccc1. The van der Waals surface area contributed by atoms with Crippen LogP contribution in [0.2, 0.25) is 0 Å². The van der Waals surface area contributed by atoms with Gasteiger partial charge in [-0.25, -0.2) is 4.39 Å². The Hall–Kier alpha value is -3.30. The highest BCUT2D eigenvalue weighted by atomic mass is 19.1. The summed E-state index contributed by atoms with van der Waals surface area (Å²) in [5, 5.41) is 9.78. The minimum absolute atomic E-state index is 0.106. The second kappa shape index (κ2) is 14.6. The molecule has 0 radical (unpaired) electrons. The first kappa shape index (κ1) is 34.0. The van der Waals surface area contributed by atoms with Crippen molar-refractivity contribution in [2.75, 3.05) is 33.2 Å². The third kappa shape index (κ3) is 7.97. The van der Waals surface area contributed by atoms with Gasteiger partial charge in [0, 0.05) is 38.1 Å². The standard InChI is InChI=1S/C37H52FN5O3/c1-36(2,3)41-35(46)37(28-13-9-6-10-14-28)19-22-43(23-20-37)34(45)30(25-26-15-17-29(38)18-16-26)40-33(44)31-32(42(4)24-21-39-31)27-11-7-5-8-12-27/h5,7-8,11-12,15-18,28,30-32,39H,6,9-10,13-14,19-25H2,1-4H3,(H,40,44)(H,41,46)/t30-,31?,32?/m1/s1. The summed E-state index contributed by atoms with van der Waals surface area (Å²) in [4.78, 5) is 46.2. The molecule has 5 rings (SSSR count). The van der Waals surface area contributed by atoms with Crippen molar-refractivity contribution in [1.82, 2.24) is 25.8 Å². The highest BCUT2D eigenvalue weighted by molar-refractivity contribution is 5.91. The summed E-state index contributed by atoms with van der Waals surface area (Å²) in [5.41, 5.74) is 0.961. The lowest BCUT2D eigenvalue weighted by Gasteiger charge is -2.48. The molecule has 3 N–H and O–H groups in total. The molecular weight excluding hydrogens is 581 g/mol. The van der Waals surface area contributed by atoms with Crippen LogP contribution in [0.3, 0.4) is 0 Å². The van der Waals surface area contributed by atoms with Crippen molar-refractivity contribution >= 4 is 17.7 Å². The summed E-state index contributed by atoms with van der Waals surface area (Å²) in [6, 6.07) is 14.5. The van der Waals surface area contributed by atoms with Crippen LogP contribution in [0.15, 0.2) is 54.6 Å². The van der Waals surface area contributed by atoms with Crippen molar-refractivity contribution in [2.45, 2.75) is 95.8 Å². The van der Waals surface area contributed by atoms with Gasteiger partial charge in [-0.1, -0.05) is 61.7 Å². The Labute approximate surface area is 273 Å². The van der Waals surface area contributed by atoms with Gasteiger partial charge in [0.2, 0.25) is 17.7 Å². The van der Waals surface area contributed by atoms with Gasteiger partial charge >= 0.3 is 0 Å². The fourth-order valence-electron chi connectivity index (χ4n) is 7.84. The molecule has 3 fully saturated rings. The van der Waals surface area contributed by atoms with Gasteiger partial charge in [-0.2, -0.15) is 0 Å². The molecular formula is C37H52FN5O3. The zero-order chi connectivity index (χ0) is 32.9. The number of carbonyl (C=O) groups is 3. The Kier molecular flexibility index (Phi) is 10.8. The van der Waals surface area contributed by atoms with Crippen molar-refractivity contribution in [3.8, 4) is 0 Å². The number of likely N-dealkylation sites (N-methyl/N-ethyl adjacent to an activating group) is 1. The molecule has 1 saturated carbocycles. The summed E-state index contributed by atoms with van der Waals surface area (Å²) in [7, 11) is 2.02. The normalized spacial score (nSPS) is 23.4. The maximum atomic E-state index is 14.3. The number of nitrogens with zero attached hydrogens (tertiary/aromatic N) is 2. The van der Waals surface area contributed by atoms with E-state index in [4.69, 9.17) is 0 Å². The van der Waals surface area contributed by atoms with Crippen molar-refractivity contribution in [3.05, 3.63) is 71.5 Å². The predicted octanol–water partition coefficient (Wildman–Crippen LogP) is 4.60. The lowest BCUT2D eigenvalue weighted by Crippen LogP contribution is -2.62. The van der Waals surface area contributed by atoms with Crippen LogP contribution in [-0.4, -0.2) is 78.4 Å². The van der Waals surface area contributed by atoms with Gasteiger partial charge in [0.1, 0.15) is 17.9 Å². The number of piperazine rings is 1. The van der Waals surface area contributed by atoms with Gasteiger partial charge in [-0.15, -0.1) is 0 Å². The molecule has 2 aliphatic heterocycles. The van der Waals surface area contributed by atoms with Crippen LogP contribution in [-0.2, 0) is 20.8 Å². The van der Waals surface area contributed by atoms with Crippen molar-refractivity contribution < 1.29 is 18.8 Å². The van der Waals surface area contributed by atoms with E-state index in [0.29, 0.717) is 38.4 Å². The Morgan fingerprint density at radius 2 is 1.61 bits per heavy atom. The predicted molar refractivity (Wildman–Crippen MR) is 178 cm³/mol. The molecule has 0 bridgehead atoms. The number of rotatable bonds is 8. The van der Waals surface area contributed by atoms with Gasteiger partial charge in [0.25, 0.3) is 0 Å². The monoisotopic (exact) mass is 633 g/mol. The number of hydrogen-bond donors (Lipinski definition) is 3. The quantitative estimate of drug-likeness (QED) is 0.395. The summed E-state index contributed by atoms with van der Waals surface area (Å²) >= 11 is 0. The highest BCUT2D eigenvalue weighted by Gasteiger charge is 2.49. The second-order valence-electron chi connectivity index (χ2n) is 14.7. The summed E-state index contributed by atoms with van der Waals surface area (Å²) in [5.74, 6) is -0.334. The van der Waals surface area contributed by atoms with E-state index in [1.54, 1.807) is 12.1 Å². The zero-order valence-corrected chi connectivity index (χ0v) is 28.0. The topological polar surface area (TPSA) is 93.8 Å². The maximum absolute atomic E-state index is 14.3. The molecule has 2 unspecified atom stereocenters. The second-order valence-corrected chi connectivity index (χ2v) is 14.7. The smallest absolute Gasteiger partial charge is 0.245 e. The zero-order valence-electron chi connectivity index (χ0n) is 28.0. The van der Waals surface area contributed by atoms with Crippen LogP contribution < -0.4 is 16.0 Å². The molecule has 3 atom stereocenters. The lowest BCUT2D eigenvalue weighted by molar-refractivity contribution is -0.147. The lowest BCUT2D eigenvalue weighted by atomic mass is 9.63. The first-order valence-corrected chi connectivity index (χ1v) is 17.1. The van der Waals surface area contributed by atoms with Crippen LogP contribution in [0.5, 0.6) is 0 Å². The van der Waals surface area contributed by atoms with Crippen LogP contribution >= 0.6 is 0 Å². The number of benzene rings is 2. The third-order valence-electron chi connectivity index (χ3n) is 10.3. The van der Waals surface area contributed by atoms with E-state index in [0.717, 1.165) is 43.4 Å². The number of nitrogens with one attached hydrogen (secondary N) is 3. The summed E-state index contributed by atoms with van der Waals surface area (Å²) < 4.78 is 13.8. The number of likely N-dealkylation sites (tertiary alicyclic amines) is 1. The van der Waals surface area contributed by atoms with Crippen LogP contribution in [0, 0.1) is 17.2 Å².